The maximum atomic E-state index is 13.2. The number of amides is 1. The first kappa shape index (κ1) is 41.8. The molecule has 4 atom stereocenters. The summed E-state index contributed by atoms with van der Waals surface area (Å²) in [6, 6.07) is 34.4. The second-order valence-electron chi connectivity index (χ2n) is 14.6. The summed E-state index contributed by atoms with van der Waals surface area (Å²) in [7, 11) is -0.529. The molecule has 0 aliphatic carbocycles. The molecule has 3 heterocycles. The van der Waals surface area contributed by atoms with E-state index in [0.29, 0.717) is 23.7 Å². The minimum absolute atomic E-state index is 0.0446. The Hall–Kier alpha value is -5.32. The molecule has 59 heavy (non-hydrogen) atoms. The van der Waals surface area contributed by atoms with E-state index in [0.717, 1.165) is 16.7 Å². The SMILES string of the molecule is COc1ccc(C(OC[C@H]2O[C@@H](n3cnc4c(=O)[nH]c(NC(=O)COc5ccccc5)nc43)C[C@@H]2O[P+](=S)O[Si](C)(C)C)(c2ccccc2)c2ccc(OC)cc2)cc1. The number of carbonyl (C=O) groups excluding carboxylic acids is 1. The number of aromatic nitrogens is 4. The number of para-hydroxylation sites is 1. The third kappa shape index (κ3) is 9.77. The third-order valence-electron chi connectivity index (χ3n) is 9.50. The van der Waals surface area contributed by atoms with E-state index in [2.05, 4.69) is 39.9 Å². The quantitative estimate of drug-likeness (QED) is 0.0531. The first-order valence-corrected chi connectivity index (χ1v) is 24.5. The number of nitrogens with one attached hydrogen (secondary N) is 2. The van der Waals surface area contributed by atoms with Crippen LogP contribution in [0.2, 0.25) is 19.6 Å². The van der Waals surface area contributed by atoms with E-state index in [-0.39, 0.29) is 30.3 Å². The lowest BCUT2D eigenvalue weighted by Gasteiger charge is -2.37. The highest BCUT2D eigenvalue weighted by molar-refractivity contribution is 8.01. The second kappa shape index (κ2) is 18.3. The zero-order valence-electron chi connectivity index (χ0n) is 33.2. The topological polar surface area (TPSA) is 157 Å². The molecule has 0 spiro atoms. The average molecular weight is 855 g/mol. The highest BCUT2D eigenvalue weighted by atomic mass is 32.4. The van der Waals surface area contributed by atoms with Gasteiger partial charge in [-0.15, -0.1) is 4.52 Å². The van der Waals surface area contributed by atoms with Crippen LogP contribution in [-0.4, -0.2) is 73.4 Å². The van der Waals surface area contributed by atoms with Gasteiger partial charge in [-0.25, -0.2) is 4.98 Å². The van der Waals surface area contributed by atoms with Gasteiger partial charge in [-0.05, 0) is 72.7 Å². The van der Waals surface area contributed by atoms with Crippen LogP contribution in [0.5, 0.6) is 17.2 Å². The first-order valence-electron chi connectivity index (χ1n) is 18.9. The molecule has 4 aromatic carbocycles. The first-order chi connectivity index (χ1) is 28.5. The predicted octanol–water partition coefficient (Wildman–Crippen LogP) is 7.46. The maximum Gasteiger partial charge on any atom is 0.509 e. The van der Waals surface area contributed by atoms with Crippen molar-refractivity contribution in [1.82, 2.24) is 19.5 Å². The lowest BCUT2D eigenvalue weighted by molar-refractivity contribution is -0.118. The third-order valence-corrected chi connectivity index (χ3v) is 13.7. The standard InChI is InChI=1S/C42H44N5O9PSSi/c1-50-31-20-16-29(17-21-31)42(28-12-8-6-9-13-28,30-18-22-32(51-2)23-19-30)53-25-35-34(55-57(58)56-59(3,4)5)24-37(54-35)47-27-43-38-39(47)45-41(46-40(38)49)44-36(48)26-52-33-14-10-7-11-15-33/h6-23,27,34-35,37H,24-26H2,1-5H3,(H-,44,45,46,48,49)/p+1/t34-,35+,37+/m0/s1. The van der Waals surface area contributed by atoms with E-state index in [1.807, 2.05) is 84.9 Å². The van der Waals surface area contributed by atoms with Crippen LogP contribution in [0.4, 0.5) is 5.95 Å². The van der Waals surface area contributed by atoms with Crippen molar-refractivity contribution in [3.8, 4) is 17.2 Å². The number of methoxy groups -OCH3 is 2. The molecule has 306 valence electrons. The molecule has 0 bridgehead atoms. The van der Waals surface area contributed by atoms with Crippen molar-refractivity contribution < 1.29 is 37.2 Å². The molecule has 2 N–H and O–H groups in total. The number of imidazole rings is 1. The van der Waals surface area contributed by atoms with Crippen molar-refractivity contribution in [2.45, 2.75) is 50.1 Å². The zero-order valence-corrected chi connectivity index (χ0v) is 35.9. The molecule has 1 unspecified atom stereocenters. The number of carbonyl (C=O) groups is 1. The van der Waals surface area contributed by atoms with E-state index in [1.165, 1.54) is 6.33 Å². The van der Waals surface area contributed by atoms with E-state index in [9.17, 15) is 9.59 Å². The van der Waals surface area contributed by atoms with Gasteiger partial charge in [0.2, 0.25) is 17.8 Å². The average Bonchev–Trinajstić information content (AvgIpc) is 3.85. The van der Waals surface area contributed by atoms with Crippen molar-refractivity contribution in [2.24, 2.45) is 0 Å². The zero-order chi connectivity index (χ0) is 41.6. The molecule has 14 nitrogen and oxygen atoms in total. The minimum Gasteiger partial charge on any atom is -0.497 e. The molecule has 6 aromatic rings. The highest BCUT2D eigenvalue weighted by Crippen LogP contribution is 2.45. The molecular weight excluding hydrogens is 810 g/mol. The lowest BCUT2D eigenvalue weighted by Crippen LogP contribution is -2.38. The molecule has 1 aliphatic rings. The van der Waals surface area contributed by atoms with Gasteiger partial charge < -0.3 is 23.7 Å². The Bertz CT molecular complexity index is 2380. The van der Waals surface area contributed by atoms with Crippen molar-refractivity contribution in [3.05, 3.63) is 143 Å². The monoisotopic (exact) mass is 854 g/mol. The van der Waals surface area contributed by atoms with Crippen LogP contribution < -0.4 is 25.1 Å². The molecule has 1 saturated heterocycles. The van der Waals surface area contributed by atoms with Gasteiger partial charge in [-0.1, -0.05) is 72.8 Å². The number of hydrogen-bond acceptors (Lipinski definition) is 12. The number of anilines is 1. The Morgan fingerprint density at radius 2 is 1.49 bits per heavy atom. The normalized spacial score (nSPS) is 17.1. The summed E-state index contributed by atoms with van der Waals surface area (Å²) in [4.78, 5) is 37.6. The Balaban J connectivity index is 1.22. The van der Waals surface area contributed by atoms with Gasteiger partial charge in [-0.2, -0.15) is 9.20 Å². The Labute approximate surface area is 348 Å². The van der Waals surface area contributed by atoms with Crippen molar-refractivity contribution in [2.75, 3.05) is 32.8 Å². The van der Waals surface area contributed by atoms with Crippen LogP contribution in [-0.2, 0) is 40.4 Å². The summed E-state index contributed by atoms with van der Waals surface area (Å²) in [6.07, 6.45) is -0.189. The number of rotatable bonds is 17. The van der Waals surface area contributed by atoms with Gasteiger partial charge in [0.05, 0.1) is 27.2 Å². The van der Waals surface area contributed by atoms with Gasteiger partial charge in [0.1, 0.15) is 41.3 Å². The minimum atomic E-state index is -2.07. The van der Waals surface area contributed by atoms with Crippen LogP contribution in [0.3, 0.4) is 0 Å². The molecule has 0 saturated carbocycles. The van der Waals surface area contributed by atoms with Gasteiger partial charge in [0.15, 0.2) is 17.8 Å². The number of fused-ring (bicyclic) bond motifs is 1. The highest BCUT2D eigenvalue weighted by Gasteiger charge is 2.46. The lowest BCUT2D eigenvalue weighted by atomic mass is 9.80. The largest absolute Gasteiger partial charge is 0.509 e. The summed E-state index contributed by atoms with van der Waals surface area (Å²) >= 11 is 5.76. The number of aromatic amines is 1. The van der Waals surface area contributed by atoms with E-state index in [4.69, 9.17) is 44.2 Å². The number of nitrogens with zero attached hydrogens (tertiary/aromatic N) is 3. The number of benzene rings is 4. The second-order valence-corrected chi connectivity index (χ2v) is 21.1. The fraction of sp³-hybridized carbons (Fsp3) is 0.286. The maximum absolute atomic E-state index is 13.2. The fourth-order valence-corrected chi connectivity index (χ4v) is 11.5. The fourth-order valence-electron chi connectivity index (χ4n) is 6.80. The molecule has 0 radical (unpaired) electrons. The van der Waals surface area contributed by atoms with Crippen molar-refractivity contribution >= 4 is 50.3 Å². The Morgan fingerprint density at radius 3 is 2.08 bits per heavy atom. The van der Waals surface area contributed by atoms with Gasteiger partial charge in [0.25, 0.3) is 19.8 Å². The number of ether oxygens (including phenoxy) is 5. The smallest absolute Gasteiger partial charge is 0.497 e. The van der Waals surface area contributed by atoms with Gasteiger partial charge >= 0.3 is 7.15 Å². The molecule has 7 rings (SSSR count). The van der Waals surface area contributed by atoms with Crippen molar-refractivity contribution in [3.63, 3.8) is 0 Å². The Kier molecular flexibility index (Phi) is 13.0. The molecule has 1 aliphatic heterocycles. The summed E-state index contributed by atoms with van der Waals surface area (Å²) in [5.41, 5.74) is 1.17. The summed E-state index contributed by atoms with van der Waals surface area (Å²) in [6.45, 7) is 5.90. The van der Waals surface area contributed by atoms with Crippen LogP contribution in [0.25, 0.3) is 11.2 Å². The molecule has 1 amide bonds. The van der Waals surface area contributed by atoms with E-state index < -0.39 is 51.0 Å². The van der Waals surface area contributed by atoms with Crippen LogP contribution >= 0.6 is 7.15 Å². The molecular formula is C42H45N5O9PSSi+. The van der Waals surface area contributed by atoms with Gasteiger partial charge in [0, 0.05) is 6.42 Å². The van der Waals surface area contributed by atoms with Gasteiger partial charge in [-0.3, -0.25) is 24.5 Å². The molecule has 1 fully saturated rings. The summed E-state index contributed by atoms with van der Waals surface area (Å²) < 4.78 is 45.0. The van der Waals surface area contributed by atoms with Crippen LogP contribution in [0.1, 0.15) is 29.3 Å². The molecule has 2 aromatic heterocycles. The van der Waals surface area contributed by atoms with E-state index in [1.54, 1.807) is 43.1 Å². The number of H-pyrrole nitrogens is 1. The van der Waals surface area contributed by atoms with Crippen LogP contribution in [0.15, 0.2) is 120 Å². The van der Waals surface area contributed by atoms with E-state index >= 15 is 0 Å². The predicted molar refractivity (Wildman–Crippen MR) is 229 cm³/mol. The van der Waals surface area contributed by atoms with Crippen molar-refractivity contribution in [1.29, 1.82) is 0 Å². The summed E-state index contributed by atoms with van der Waals surface area (Å²) in [5, 5.41) is 2.62. The number of hydrogen-bond donors (Lipinski definition) is 2. The van der Waals surface area contributed by atoms with Crippen LogP contribution in [0, 0.1) is 0 Å². The summed E-state index contributed by atoms with van der Waals surface area (Å²) in [5.74, 6) is 1.34. The Morgan fingerprint density at radius 1 is 0.898 bits per heavy atom. The molecule has 17 heteroatoms.